The Morgan fingerprint density at radius 3 is 2.52 bits per heavy atom. The van der Waals surface area contributed by atoms with Gasteiger partial charge in [-0.2, -0.15) is 5.10 Å². The summed E-state index contributed by atoms with van der Waals surface area (Å²) in [5.41, 5.74) is 2.12. The highest BCUT2D eigenvalue weighted by molar-refractivity contribution is 5.97. The van der Waals surface area contributed by atoms with Crippen LogP contribution in [0.25, 0.3) is 0 Å². The molecule has 0 bridgehead atoms. The summed E-state index contributed by atoms with van der Waals surface area (Å²) in [7, 11) is 0. The zero-order chi connectivity index (χ0) is 19.1. The standard InChI is InChI=1S/C19H23N5O3/c1-14(25)15-2-4-16(5-3-15)19(26)21-7-6-20-18-12-17(13-22-23-18)24-8-10-27-11-9-24/h2-5,12-13H,6-11H2,1H3,(H,20,23)(H,21,26). The molecule has 1 aromatic carbocycles. The number of nitrogens with one attached hydrogen (secondary N) is 2. The molecule has 0 spiro atoms. The summed E-state index contributed by atoms with van der Waals surface area (Å²) in [6, 6.07) is 8.55. The van der Waals surface area contributed by atoms with Crippen molar-refractivity contribution in [3.63, 3.8) is 0 Å². The molecule has 2 aromatic rings. The molecule has 2 N–H and O–H groups in total. The van der Waals surface area contributed by atoms with Crippen LogP contribution < -0.4 is 15.5 Å². The van der Waals surface area contributed by atoms with Gasteiger partial charge in [0.25, 0.3) is 5.91 Å². The maximum Gasteiger partial charge on any atom is 0.251 e. The first-order chi connectivity index (χ1) is 13.1. The third kappa shape index (κ3) is 5.24. The van der Waals surface area contributed by atoms with E-state index >= 15 is 0 Å². The fourth-order valence-corrected chi connectivity index (χ4v) is 2.76. The molecular formula is C19H23N5O3. The van der Waals surface area contributed by atoms with Crippen LogP contribution in [0.4, 0.5) is 11.5 Å². The normalized spacial score (nSPS) is 13.9. The molecule has 142 valence electrons. The van der Waals surface area contributed by atoms with Gasteiger partial charge in [-0.1, -0.05) is 12.1 Å². The zero-order valence-corrected chi connectivity index (χ0v) is 15.3. The third-order valence-corrected chi connectivity index (χ3v) is 4.29. The smallest absolute Gasteiger partial charge is 0.251 e. The molecule has 3 rings (SSSR count). The van der Waals surface area contributed by atoms with Crippen LogP contribution in [0.2, 0.25) is 0 Å². The lowest BCUT2D eigenvalue weighted by molar-refractivity contribution is 0.0953. The van der Waals surface area contributed by atoms with Gasteiger partial charge in [-0.05, 0) is 19.1 Å². The van der Waals surface area contributed by atoms with Crippen molar-refractivity contribution in [2.75, 3.05) is 49.6 Å². The highest BCUT2D eigenvalue weighted by atomic mass is 16.5. The number of hydrogen-bond donors (Lipinski definition) is 2. The van der Waals surface area contributed by atoms with Crippen molar-refractivity contribution in [3.8, 4) is 0 Å². The lowest BCUT2D eigenvalue weighted by Crippen LogP contribution is -2.36. The number of benzene rings is 1. The van der Waals surface area contributed by atoms with Crippen molar-refractivity contribution in [2.45, 2.75) is 6.92 Å². The van der Waals surface area contributed by atoms with Gasteiger partial charge in [-0.25, -0.2) is 0 Å². The Labute approximate surface area is 157 Å². The number of Topliss-reactive ketones (excluding diaryl/α,β-unsaturated/α-hetero) is 1. The predicted octanol–water partition coefficient (Wildman–Crippen LogP) is 1.36. The fraction of sp³-hybridized carbons (Fsp3) is 0.368. The largest absolute Gasteiger partial charge is 0.378 e. The van der Waals surface area contributed by atoms with E-state index in [1.54, 1.807) is 30.5 Å². The van der Waals surface area contributed by atoms with E-state index in [4.69, 9.17) is 4.74 Å². The average molecular weight is 369 g/mol. The highest BCUT2D eigenvalue weighted by Gasteiger charge is 2.12. The summed E-state index contributed by atoms with van der Waals surface area (Å²) in [4.78, 5) is 25.6. The van der Waals surface area contributed by atoms with E-state index < -0.39 is 0 Å². The Morgan fingerprint density at radius 2 is 1.81 bits per heavy atom. The predicted molar refractivity (Wildman–Crippen MR) is 102 cm³/mol. The van der Waals surface area contributed by atoms with Gasteiger partial charge < -0.3 is 20.3 Å². The molecule has 0 unspecified atom stereocenters. The maximum atomic E-state index is 12.1. The molecule has 0 radical (unpaired) electrons. The highest BCUT2D eigenvalue weighted by Crippen LogP contribution is 2.16. The van der Waals surface area contributed by atoms with Crippen LogP contribution in [-0.4, -0.2) is 61.3 Å². The van der Waals surface area contributed by atoms with Gasteiger partial charge in [0.15, 0.2) is 11.6 Å². The van der Waals surface area contributed by atoms with E-state index in [0.29, 0.717) is 43.2 Å². The first-order valence-electron chi connectivity index (χ1n) is 8.92. The number of amides is 1. The third-order valence-electron chi connectivity index (χ3n) is 4.29. The van der Waals surface area contributed by atoms with Crippen molar-refractivity contribution in [2.24, 2.45) is 0 Å². The van der Waals surface area contributed by atoms with Gasteiger partial charge in [-0.15, -0.1) is 5.10 Å². The molecule has 1 aliphatic rings. The first-order valence-corrected chi connectivity index (χ1v) is 8.92. The molecule has 0 atom stereocenters. The number of ketones is 1. The van der Waals surface area contributed by atoms with E-state index in [1.807, 2.05) is 6.07 Å². The molecular weight excluding hydrogens is 346 g/mol. The molecule has 1 amide bonds. The number of rotatable bonds is 7. The Hall–Kier alpha value is -3.00. The molecule has 1 aliphatic heterocycles. The lowest BCUT2D eigenvalue weighted by atomic mass is 10.1. The molecule has 1 fully saturated rings. The molecule has 2 heterocycles. The number of carbonyl (C=O) groups excluding carboxylic acids is 2. The summed E-state index contributed by atoms with van der Waals surface area (Å²) in [6.07, 6.45) is 1.74. The van der Waals surface area contributed by atoms with Gasteiger partial charge in [0.1, 0.15) is 0 Å². The molecule has 27 heavy (non-hydrogen) atoms. The molecule has 0 aliphatic carbocycles. The number of carbonyl (C=O) groups is 2. The molecule has 8 nitrogen and oxygen atoms in total. The van der Waals surface area contributed by atoms with E-state index in [2.05, 4.69) is 25.7 Å². The van der Waals surface area contributed by atoms with E-state index in [-0.39, 0.29) is 11.7 Å². The van der Waals surface area contributed by atoms with E-state index in [1.165, 1.54) is 6.92 Å². The second kappa shape index (κ2) is 9.09. The zero-order valence-electron chi connectivity index (χ0n) is 15.3. The Morgan fingerprint density at radius 1 is 1.11 bits per heavy atom. The molecule has 0 saturated carbocycles. The Kier molecular flexibility index (Phi) is 6.32. The minimum atomic E-state index is -0.181. The minimum absolute atomic E-state index is 0.0217. The number of ether oxygens (including phenoxy) is 1. The van der Waals surface area contributed by atoms with E-state index in [9.17, 15) is 9.59 Å². The van der Waals surface area contributed by atoms with Crippen molar-refractivity contribution >= 4 is 23.2 Å². The van der Waals surface area contributed by atoms with Crippen molar-refractivity contribution in [3.05, 3.63) is 47.7 Å². The van der Waals surface area contributed by atoms with Crippen molar-refractivity contribution in [1.82, 2.24) is 15.5 Å². The minimum Gasteiger partial charge on any atom is -0.378 e. The second-order valence-electron chi connectivity index (χ2n) is 6.21. The SMILES string of the molecule is CC(=O)c1ccc(C(=O)NCCNc2cc(N3CCOCC3)cnn2)cc1. The van der Waals surface area contributed by atoms with Gasteiger partial charge in [0, 0.05) is 43.4 Å². The van der Waals surface area contributed by atoms with Crippen LogP contribution >= 0.6 is 0 Å². The molecule has 1 saturated heterocycles. The van der Waals surface area contributed by atoms with Crippen LogP contribution in [0.1, 0.15) is 27.6 Å². The van der Waals surface area contributed by atoms with Crippen molar-refractivity contribution < 1.29 is 14.3 Å². The van der Waals surface area contributed by atoms with Crippen LogP contribution in [-0.2, 0) is 4.74 Å². The monoisotopic (exact) mass is 369 g/mol. The lowest BCUT2D eigenvalue weighted by Gasteiger charge is -2.28. The van der Waals surface area contributed by atoms with Gasteiger partial charge in [0.2, 0.25) is 0 Å². The quantitative estimate of drug-likeness (QED) is 0.562. The summed E-state index contributed by atoms with van der Waals surface area (Å²) in [5.74, 6) is 0.464. The molecule has 1 aromatic heterocycles. The number of nitrogens with zero attached hydrogens (tertiary/aromatic N) is 3. The second-order valence-corrected chi connectivity index (χ2v) is 6.21. The van der Waals surface area contributed by atoms with Crippen LogP contribution in [0, 0.1) is 0 Å². The summed E-state index contributed by atoms with van der Waals surface area (Å²) in [6.45, 7) is 5.56. The first kappa shape index (κ1) is 18.8. The number of aromatic nitrogens is 2. The van der Waals surface area contributed by atoms with Crippen LogP contribution in [0.5, 0.6) is 0 Å². The van der Waals surface area contributed by atoms with Crippen molar-refractivity contribution in [1.29, 1.82) is 0 Å². The van der Waals surface area contributed by atoms with Crippen LogP contribution in [0.3, 0.4) is 0 Å². The van der Waals surface area contributed by atoms with Gasteiger partial charge in [0.05, 0.1) is 25.1 Å². The van der Waals surface area contributed by atoms with Crippen LogP contribution in [0.15, 0.2) is 36.5 Å². The van der Waals surface area contributed by atoms with Gasteiger partial charge >= 0.3 is 0 Å². The topological polar surface area (TPSA) is 96.5 Å². The Bertz CT molecular complexity index is 788. The number of anilines is 2. The fourth-order valence-electron chi connectivity index (χ4n) is 2.76. The molecule has 8 heteroatoms. The number of hydrogen-bond acceptors (Lipinski definition) is 7. The summed E-state index contributed by atoms with van der Waals surface area (Å²) < 4.78 is 5.36. The Balaban J connectivity index is 1.45. The van der Waals surface area contributed by atoms with Gasteiger partial charge in [-0.3, -0.25) is 9.59 Å². The van der Waals surface area contributed by atoms with E-state index in [0.717, 1.165) is 18.8 Å². The maximum absolute atomic E-state index is 12.1. The number of morpholine rings is 1. The average Bonchev–Trinajstić information content (AvgIpc) is 2.72. The summed E-state index contributed by atoms with van der Waals surface area (Å²) >= 11 is 0. The summed E-state index contributed by atoms with van der Waals surface area (Å²) in [5, 5.41) is 14.1.